The van der Waals surface area contributed by atoms with E-state index in [0.29, 0.717) is 5.04 Å². The Kier molecular flexibility index (Phi) is 6.47. The molecule has 0 fully saturated rings. The molecule has 0 saturated heterocycles. The van der Waals surface area contributed by atoms with Crippen molar-refractivity contribution < 1.29 is 4.43 Å². The van der Waals surface area contributed by atoms with Crippen LogP contribution in [0, 0.1) is 5.92 Å². The molecule has 0 amide bonds. The van der Waals surface area contributed by atoms with Crippen LogP contribution in [0.3, 0.4) is 0 Å². The Balaban J connectivity index is 2.24. The van der Waals surface area contributed by atoms with Crippen molar-refractivity contribution in [1.29, 1.82) is 0 Å². The van der Waals surface area contributed by atoms with Gasteiger partial charge in [-0.15, -0.1) is 0 Å². The van der Waals surface area contributed by atoms with Crippen molar-refractivity contribution in [2.75, 3.05) is 6.61 Å². The molecular formula is C18H32OSi. The topological polar surface area (TPSA) is 9.23 Å². The average Bonchev–Trinajstić information content (AvgIpc) is 2.34. The van der Waals surface area contributed by atoms with E-state index in [9.17, 15) is 0 Å². The highest BCUT2D eigenvalue weighted by Crippen LogP contribution is 2.36. The molecule has 0 aromatic heterocycles. The van der Waals surface area contributed by atoms with Gasteiger partial charge in [0.1, 0.15) is 0 Å². The Morgan fingerprint density at radius 1 is 1.10 bits per heavy atom. The normalized spacial score (nSPS) is 14.3. The number of rotatable bonds is 7. The summed E-state index contributed by atoms with van der Waals surface area (Å²) in [4.78, 5) is 0. The molecule has 0 saturated carbocycles. The van der Waals surface area contributed by atoms with E-state index in [0.717, 1.165) is 12.5 Å². The Bertz CT molecular complexity index is 378. The lowest BCUT2D eigenvalue weighted by molar-refractivity contribution is 0.270. The van der Waals surface area contributed by atoms with Crippen LogP contribution in [0.15, 0.2) is 30.3 Å². The van der Waals surface area contributed by atoms with E-state index in [4.69, 9.17) is 4.43 Å². The van der Waals surface area contributed by atoms with Crippen molar-refractivity contribution in [3.63, 3.8) is 0 Å². The van der Waals surface area contributed by atoms with E-state index in [1.54, 1.807) is 0 Å². The molecule has 1 nitrogen and oxygen atoms in total. The lowest BCUT2D eigenvalue weighted by Gasteiger charge is -2.36. The second kappa shape index (κ2) is 7.42. The van der Waals surface area contributed by atoms with Crippen LogP contribution in [0.5, 0.6) is 0 Å². The summed E-state index contributed by atoms with van der Waals surface area (Å²) in [5.74, 6) is 0.736. The van der Waals surface area contributed by atoms with E-state index in [2.05, 4.69) is 71.1 Å². The molecule has 0 aliphatic carbocycles. The minimum absolute atomic E-state index is 0.322. The molecule has 0 aliphatic rings. The van der Waals surface area contributed by atoms with E-state index in [1.165, 1.54) is 24.8 Å². The third-order valence-electron chi connectivity index (χ3n) is 4.54. The maximum atomic E-state index is 6.23. The minimum atomic E-state index is -1.55. The zero-order valence-corrected chi connectivity index (χ0v) is 15.2. The van der Waals surface area contributed by atoms with E-state index in [-0.39, 0.29) is 0 Å². The third-order valence-corrected chi connectivity index (χ3v) is 9.08. The maximum absolute atomic E-state index is 6.23. The van der Waals surface area contributed by atoms with Crippen LogP contribution in [0.1, 0.15) is 46.1 Å². The van der Waals surface area contributed by atoms with Crippen LogP contribution in [-0.2, 0) is 10.8 Å². The van der Waals surface area contributed by atoms with Crippen molar-refractivity contribution in [3.8, 4) is 0 Å². The molecule has 0 spiro atoms. The smallest absolute Gasteiger partial charge is 0.191 e. The Hall–Kier alpha value is -0.603. The first-order valence-corrected chi connectivity index (χ1v) is 10.8. The molecular weight excluding hydrogens is 260 g/mol. The van der Waals surface area contributed by atoms with Gasteiger partial charge in [-0.25, -0.2) is 0 Å². The summed E-state index contributed by atoms with van der Waals surface area (Å²) in [5, 5.41) is 0.322. The zero-order valence-electron chi connectivity index (χ0n) is 14.2. The first-order chi connectivity index (χ1) is 9.22. The first-order valence-electron chi connectivity index (χ1n) is 7.90. The molecule has 0 bridgehead atoms. The molecule has 0 heterocycles. The van der Waals surface area contributed by atoms with E-state index < -0.39 is 8.32 Å². The summed E-state index contributed by atoms with van der Waals surface area (Å²) in [7, 11) is -1.55. The van der Waals surface area contributed by atoms with Gasteiger partial charge >= 0.3 is 0 Å². The lowest BCUT2D eigenvalue weighted by atomic mass is 9.97. The minimum Gasteiger partial charge on any atom is -0.417 e. The molecule has 114 valence electrons. The van der Waals surface area contributed by atoms with Gasteiger partial charge in [-0.2, -0.15) is 0 Å². The fraction of sp³-hybridized carbons (Fsp3) is 0.667. The Morgan fingerprint density at radius 3 is 2.25 bits per heavy atom. The van der Waals surface area contributed by atoms with Gasteiger partial charge in [0.2, 0.25) is 0 Å². The molecule has 1 aromatic carbocycles. The molecule has 2 heteroatoms. The van der Waals surface area contributed by atoms with Crippen LogP contribution in [0.2, 0.25) is 18.1 Å². The summed E-state index contributed by atoms with van der Waals surface area (Å²) >= 11 is 0. The second-order valence-corrected chi connectivity index (χ2v) is 12.4. The number of hydrogen-bond acceptors (Lipinski definition) is 1. The zero-order chi connectivity index (χ0) is 15.2. The summed E-state index contributed by atoms with van der Waals surface area (Å²) in [6.45, 7) is 14.8. The molecule has 1 rings (SSSR count). The second-order valence-electron chi connectivity index (χ2n) is 7.55. The first kappa shape index (κ1) is 17.4. The van der Waals surface area contributed by atoms with Crippen LogP contribution in [0.4, 0.5) is 0 Å². The van der Waals surface area contributed by atoms with Crippen molar-refractivity contribution in [2.24, 2.45) is 5.92 Å². The third kappa shape index (κ3) is 5.80. The predicted octanol–water partition coefficient (Wildman–Crippen LogP) is 5.67. The molecule has 0 radical (unpaired) electrons. The van der Waals surface area contributed by atoms with Crippen LogP contribution in [-0.4, -0.2) is 14.9 Å². The van der Waals surface area contributed by atoms with Gasteiger partial charge < -0.3 is 4.43 Å². The van der Waals surface area contributed by atoms with Gasteiger partial charge in [0.15, 0.2) is 8.32 Å². The standard InChI is InChI=1S/C18H32OSi/c1-16(15-17-12-8-7-9-13-17)11-10-14-19-20(5,6)18(2,3)4/h7-9,12-13,16H,10-11,14-15H2,1-6H3/t16-/m1/s1. The maximum Gasteiger partial charge on any atom is 0.191 e. The lowest BCUT2D eigenvalue weighted by Crippen LogP contribution is -2.41. The van der Waals surface area contributed by atoms with Gasteiger partial charge in [0.25, 0.3) is 0 Å². The molecule has 1 aromatic rings. The van der Waals surface area contributed by atoms with Gasteiger partial charge in [-0.3, -0.25) is 0 Å². The summed E-state index contributed by atoms with van der Waals surface area (Å²) in [5.41, 5.74) is 1.45. The quantitative estimate of drug-likeness (QED) is 0.465. The van der Waals surface area contributed by atoms with E-state index >= 15 is 0 Å². The average molecular weight is 293 g/mol. The van der Waals surface area contributed by atoms with Gasteiger partial charge in [0.05, 0.1) is 0 Å². The van der Waals surface area contributed by atoms with Crippen molar-refractivity contribution in [2.45, 2.75) is 65.1 Å². The van der Waals surface area contributed by atoms with Gasteiger partial charge in [-0.05, 0) is 48.9 Å². The summed E-state index contributed by atoms with van der Waals surface area (Å²) < 4.78 is 6.23. The van der Waals surface area contributed by atoms with Gasteiger partial charge in [-0.1, -0.05) is 58.0 Å². The predicted molar refractivity (Wildman–Crippen MR) is 91.7 cm³/mol. The van der Waals surface area contributed by atoms with Crippen LogP contribution >= 0.6 is 0 Å². The molecule has 20 heavy (non-hydrogen) atoms. The molecule has 1 atom stereocenters. The van der Waals surface area contributed by atoms with Crippen LogP contribution in [0.25, 0.3) is 0 Å². The van der Waals surface area contributed by atoms with Crippen molar-refractivity contribution >= 4 is 8.32 Å². The van der Waals surface area contributed by atoms with Gasteiger partial charge in [0, 0.05) is 6.61 Å². The molecule has 0 aliphatic heterocycles. The number of hydrogen-bond donors (Lipinski definition) is 0. The SMILES string of the molecule is C[C@H](CCCO[Si](C)(C)C(C)(C)C)Cc1ccccc1. The highest BCUT2D eigenvalue weighted by molar-refractivity contribution is 6.74. The summed E-state index contributed by atoms with van der Waals surface area (Å²) in [6.07, 6.45) is 3.62. The van der Waals surface area contributed by atoms with Crippen molar-refractivity contribution in [3.05, 3.63) is 35.9 Å². The highest BCUT2D eigenvalue weighted by atomic mass is 28.4. The van der Waals surface area contributed by atoms with E-state index in [1.807, 2.05) is 0 Å². The van der Waals surface area contributed by atoms with Crippen molar-refractivity contribution in [1.82, 2.24) is 0 Å². The number of benzene rings is 1. The molecule has 0 unspecified atom stereocenters. The fourth-order valence-electron chi connectivity index (χ4n) is 2.09. The summed E-state index contributed by atoms with van der Waals surface area (Å²) in [6, 6.07) is 10.8. The fourth-order valence-corrected chi connectivity index (χ4v) is 3.18. The Labute approximate surface area is 126 Å². The largest absolute Gasteiger partial charge is 0.417 e. The molecule has 0 N–H and O–H groups in total. The monoisotopic (exact) mass is 292 g/mol. The highest BCUT2D eigenvalue weighted by Gasteiger charge is 2.36. The van der Waals surface area contributed by atoms with Crippen LogP contribution < -0.4 is 0 Å². The Morgan fingerprint density at radius 2 is 1.70 bits per heavy atom.